The Balaban J connectivity index is 0.841. The lowest BCUT2D eigenvalue weighted by molar-refractivity contribution is -0.148. The van der Waals surface area contributed by atoms with Crippen LogP contribution in [0.25, 0.3) is 27.8 Å². The van der Waals surface area contributed by atoms with Gasteiger partial charge in [-0.05, 0) is 79.5 Å². The van der Waals surface area contributed by atoms with Crippen LogP contribution in [0.5, 0.6) is 5.75 Å². The molecule has 12 nitrogen and oxygen atoms in total. The molecule has 4 atom stereocenters. The number of phenolic OH excluding ortho intramolecular Hbond substituents is 1. The zero-order valence-electron chi connectivity index (χ0n) is 24.7. The minimum Gasteiger partial charge on any atom is -0.506 e. The van der Waals surface area contributed by atoms with Crippen molar-refractivity contribution in [1.29, 1.82) is 0 Å². The van der Waals surface area contributed by atoms with Crippen molar-refractivity contribution in [2.75, 3.05) is 13.2 Å². The molecule has 2 fully saturated rings. The minimum atomic E-state index is -0.561. The van der Waals surface area contributed by atoms with Gasteiger partial charge < -0.3 is 19.7 Å². The smallest absolute Gasteiger partial charge is 0.309 e. The first-order chi connectivity index (χ1) is 21.9. The highest BCUT2D eigenvalue weighted by Gasteiger charge is 2.61. The summed E-state index contributed by atoms with van der Waals surface area (Å²) in [7, 11) is 0. The van der Waals surface area contributed by atoms with Crippen LogP contribution in [-0.4, -0.2) is 71.5 Å². The lowest BCUT2D eigenvalue weighted by Gasteiger charge is -2.33. The normalized spacial score (nSPS) is 22.6. The molecular weight excluding hydrogens is 576 g/mol. The summed E-state index contributed by atoms with van der Waals surface area (Å²) in [5.74, 6) is -0.757. The van der Waals surface area contributed by atoms with Crippen LogP contribution in [0.3, 0.4) is 0 Å². The number of aromatic nitrogens is 6. The Labute approximate surface area is 258 Å². The Bertz CT molecular complexity index is 1800. The van der Waals surface area contributed by atoms with E-state index in [0.717, 1.165) is 29.4 Å². The first-order valence-electron chi connectivity index (χ1n) is 15.3. The SMILES string of the molecule is O=C(CCc1ccc(O)c(-n2nc3ccccc3n2)c1)OCCCOC(=O)C1CC12CCC(O)C(n1nc3ccccc3n1)C2. The summed E-state index contributed by atoms with van der Waals surface area (Å²) < 4.78 is 10.9. The van der Waals surface area contributed by atoms with Crippen molar-refractivity contribution in [3.63, 3.8) is 0 Å². The molecule has 3 aromatic carbocycles. The third-order valence-corrected chi connectivity index (χ3v) is 9.03. The highest BCUT2D eigenvalue weighted by Crippen LogP contribution is 2.63. The van der Waals surface area contributed by atoms with Crippen molar-refractivity contribution >= 4 is 34.0 Å². The quantitative estimate of drug-likeness (QED) is 0.175. The first-order valence-corrected chi connectivity index (χ1v) is 15.3. The molecule has 2 saturated carbocycles. The van der Waals surface area contributed by atoms with E-state index in [-0.39, 0.29) is 54.7 Å². The van der Waals surface area contributed by atoms with Crippen LogP contribution in [0.4, 0.5) is 0 Å². The number of hydrogen-bond donors (Lipinski definition) is 2. The number of aryl methyl sites for hydroxylation is 1. The van der Waals surface area contributed by atoms with E-state index in [1.165, 1.54) is 4.80 Å². The molecule has 2 N–H and O–H groups in total. The van der Waals surface area contributed by atoms with E-state index >= 15 is 0 Å². The molecular formula is C33H34N6O6. The highest BCUT2D eigenvalue weighted by atomic mass is 16.5. The van der Waals surface area contributed by atoms with Gasteiger partial charge in [0.25, 0.3) is 0 Å². The topological polar surface area (TPSA) is 154 Å². The monoisotopic (exact) mass is 610 g/mol. The third-order valence-electron chi connectivity index (χ3n) is 9.03. The summed E-state index contributed by atoms with van der Waals surface area (Å²) >= 11 is 0. The molecule has 2 heterocycles. The van der Waals surface area contributed by atoms with Crippen molar-refractivity contribution in [2.45, 2.75) is 57.1 Å². The molecule has 12 heteroatoms. The molecule has 5 aromatic rings. The number of carbonyl (C=O) groups is 2. The molecule has 2 aromatic heterocycles. The van der Waals surface area contributed by atoms with E-state index in [9.17, 15) is 19.8 Å². The zero-order valence-corrected chi connectivity index (χ0v) is 24.7. The number of aromatic hydroxyl groups is 1. The van der Waals surface area contributed by atoms with E-state index in [2.05, 4.69) is 20.4 Å². The highest BCUT2D eigenvalue weighted by molar-refractivity contribution is 5.77. The van der Waals surface area contributed by atoms with Gasteiger partial charge in [0.1, 0.15) is 33.5 Å². The summed E-state index contributed by atoms with van der Waals surface area (Å²) in [4.78, 5) is 28.2. The first kappa shape index (κ1) is 28.9. The van der Waals surface area contributed by atoms with Gasteiger partial charge in [-0.2, -0.15) is 15.0 Å². The van der Waals surface area contributed by atoms with Crippen molar-refractivity contribution in [3.8, 4) is 11.4 Å². The van der Waals surface area contributed by atoms with E-state index in [1.54, 1.807) is 23.0 Å². The number of fused-ring (bicyclic) bond motifs is 2. The predicted octanol–water partition coefficient (Wildman–Crippen LogP) is 4.07. The summed E-state index contributed by atoms with van der Waals surface area (Å²) in [6, 6.07) is 19.8. The Morgan fingerprint density at radius 3 is 2.20 bits per heavy atom. The maximum atomic E-state index is 12.8. The minimum absolute atomic E-state index is 0.0396. The maximum Gasteiger partial charge on any atom is 0.309 e. The number of aliphatic hydroxyl groups is 1. The second-order valence-corrected chi connectivity index (χ2v) is 12.0. The molecule has 7 rings (SSSR count). The van der Waals surface area contributed by atoms with Crippen molar-refractivity contribution in [3.05, 3.63) is 72.3 Å². The Morgan fingerprint density at radius 2 is 1.51 bits per heavy atom. The summed E-state index contributed by atoms with van der Waals surface area (Å²) in [5, 5.41) is 39.0. The molecule has 232 valence electrons. The van der Waals surface area contributed by atoms with Crippen LogP contribution in [-0.2, 0) is 25.5 Å². The largest absolute Gasteiger partial charge is 0.506 e. The van der Waals surface area contributed by atoms with E-state index in [1.807, 2.05) is 48.5 Å². The molecule has 0 amide bonds. The standard InChI is InChI=1S/C33H34N6O6/c40-29-12-10-21(18-27(29)38-34-23-6-1-2-7-24(23)35-38)11-13-31(42)44-16-5-17-45-32(43)22-19-33(22)15-14-30(41)28(20-33)39-36-25-8-3-4-9-26(25)37-39/h1-4,6-10,12,18,22,28,30,40-41H,5,11,13-17,19-20H2. The van der Waals surface area contributed by atoms with Crippen molar-refractivity contribution in [2.24, 2.45) is 11.3 Å². The number of nitrogens with zero attached hydrogens (tertiary/aromatic N) is 6. The molecule has 4 unspecified atom stereocenters. The number of benzene rings is 3. The van der Waals surface area contributed by atoms with Gasteiger partial charge in [-0.25, -0.2) is 0 Å². The molecule has 2 aliphatic rings. The average molecular weight is 611 g/mol. The van der Waals surface area contributed by atoms with Gasteiger partial charge in [0.05, 0.1) is 31.3 Å². The summed E-state index contributed by atoms with van der Waals surface area (Å²) in [6.45, 7) is 0.322. The van der Waals surface area contributed by atoms with Crippen LogP contribution >= 0.6 is 0 Å². The Morgan fingerprint density at radius 1 is 0.867 bits per heavy atom. The van der Waals surface area contributed by atoms with Crippen LogP contribution in [0.1, 0.15) is 50.1 Å². The average Bonchev–Trinajstić information content (AvgIpc) is 3.35. The van der Waals surface area contributed by atoms with Gasteiger partial charge in [-0.15, -0.1) is 15.0 Å². The van der Waals surface area contributed by atoms with Gasteiger partial charge >= 0.3 is 11.9 Å². The van der Waals surface area contributed by atoms with Gasteiger partial charge in [0.2, 0.25) is 0 Å². The molecule has 0 aliphatic heterocycles. The fraction of sp³-hybridized carbons (Fsp3) is 0.394. The second kappa shape index (κ2) is 11.9. The van der Waals surface area contributed by atoms with Crippen LogP contribution in [0, 0.1) is 11.3 Å². The second-order valence-electron chi connectivity index (χ2n) is 12.0. The van der Waals surface area contributed by atoms with Crippen LogP contribution < -0.4 is 0 Å². The van der Waals surface area contributed by atoms with Gasteiger partial charge in [-0.3, -0.25) is 9.59 Å². The number of aliphatic hydroxyl groups excluding tert-OH is 1. The lowest BCUT2D eigenvalue weighted by atomic mass is 9.80. The third kappa shape index (κ3) is 5.97. The van der Waals surface area contributed by atoms with Crippen LogP contribution in [0.2, 0.25) is 0 Å². The van der Waals surface area contributed by atoms with Gasteiger partial charge in [0, 0.05) is 12.8 Å². The van der Waals surface area contributed by atoms with Gasteiger partial charge in [-0.1, -0.05) is 30.3 Å². The predicted molar refractivity (Wildman–Crippen MR) is 162 cm³/mol. The number of ether oxygens (including phenoxy) is 2. The number of esters is 2. The van der Waals surface area contributed by atoms with Crippen molar-refractivity contribution < 1.29 is 29.3 Å². The Kier molecular flexibility index (Phi) is 7.66. The molecule has 45 heavy (non-hydrogen) atoms. The fourth-order valence-electron chi connectivity index (χ4n) is 6.41. The number of hydrogen-bond acceptors (Lipinski definition) is 10. The lowest BCUT2D eigenvalue weighted by Crippen LogP contribution is -2.35. The molecule has 0 bridgehead atoms. The molecule has 0 radical (unpaired) electrons. The van der Waals surface area contributed by atoms with E-state index in [4.69, 9.17) is 9.47 Å². The van der Waals surface area contributed by atoms with E-state index < -0.39 is 6.10 Å². The number of carbonyl (C=O) groups excluding carboxylic acids is 2. The summed E-state index contributed by atoms with van der Waals surface area (Å²) in [6.07, 6.45) is 3.15. The van der Waals surface area contributed by atoms with Crippen molar-refractivity contribution in [1.82, 2.24) is 30.0 Å². The van der Waals surface area contributed by atoms with E-state index in [0.29, 0.717) is 42.4 Å². The fourth-order valence-corrected chi connectivity index (χ4v) is 6.41. The summed E-state index contributed by atoms with van der Waals surface area (Å²) in [5.41, 5.74) is 4.07. The molecule has 1 spiro atoms. The Hall–Kier alpha value is -4.84. The van der Waals surface area contributed by atoms with Crippen LogP contribution in [0.15, 0.2) is 66.7 Å². The number of rotatable bonds is 10. The molecule has 2 aliphatic carbocycles. The van der Waals surface area contributed by atoms with Gasteiger partial charge in [0.15, 0.2) is 0 Å². The number of phenols is 1. The maximum absolute atomic E-state index is 12.8. The molecule has 0 saturated heterocycles. The zero-order chi connectivity index (χ0) is 31.0.